The Balaban J connectivity index is 1.41. The summed E-state index contributed by atoms with van der Waals surface area (Å²) in [5, 5.41) is 12.3. The molecule has 1 aromatic heterocycles. The van der Waals surface area contributed by atoms with Gasteiger partial charge in [-0.15, -0.1) is 10.2 Å². The zero-order valence-electron chi connectivity index (χ0n) is 14.0. The lowest BCUT2D eigenvalue weighted by molar-refractivity contribution is -0.118. The first-order chi connectivity index (χ1) is 13.2. The number of halogens is 1. The highest BCUT2D eigenvalue weighted by Crippen LogP contribution is 2.30. The van der Waals surface area contributed by atoms with E-state index in [1.54, 1.807) is 18.0 Å². The lowest BCUT2D eigenvalue weighted by Crippen LogP contribution is -2.19. The van der Waals surface area contributed by atoms with Crippen LogP contribution in [0.1, 0.15) is 11.1 Å². The fourth-order valence-corrected chi connectivity index (χ4v) is 5.10. The summed E-state index contributed by atoms with van der Waals surface area (Å²) in [6.07, 6.45) is 1.61. The van der Waals surface area contributed by atoms with Gasteiger partial charge in [0.05, 0.1) is 12.0 Å². The molecule has 0 saturated heterocycles. The van der Waals surface area contributed by atoms with Crippen LogP contribution in [0.2, 0.25) is 0 Å². The van der Waals surface area contributed by atoms with Crippen molar-refractivity contribution in [3.63, 3.8) is 0 Å². The monoisotopic (exact) mass is 478 g/mol. The van der Waals surface area contributed by atoms with Crippen LogP contribution in [0.3, 0.4) is 0 Å². The summed E-state index contributed by atoms with van der Waals surface area (Å²) < 4.78 is 2.59. The molecule has 0 fully saturated rings. The Labute approximate surface area is 178 Å². The second kappa shape index (κ2) is 10.6. The molecule has 0 spiro atoms. The van der Waals surface area contributed by atoms with Gasteiger partial charge in [0, 0.05) is 15.8 Å². The summed E-state index contributed by atoms with van der Waals surface area (Å²) >= 11 is 7.93. The molecule has 3 aromatic rings. The molecule has 0 bridgehead atoms. The number of benzene rings is 2. The Morgan fingerprint density at radius 1 is 1.07 bits per heavy atom. The molecule has 0 aliphatic carbocycles. The fraction of sp³-hybridized carbons (Fsp3) is 0.111. The van der Waals surface area contributed by atoms with Gasteiger partial charge < -0.3 is 0 Å². The molecule has 9 heteroatoms. The number of carbonyl (C=O) groups is 1. The van der Waals surface area contributed by atoms with Crippen molar-refractivity contribution in [2.45, 2.75) is 14.4 Å². The quantitative estimate of drug-likeness (QED) is 0.285. The van der Waals surface area contributed by atoms with E-state index < -0.39 is 0 Å². The molecule has 0 aliphatic heterocycles. The van der Waals surface area contributed by atoms with Crippen molar-refractivity contribution in [3.05, 3.63) is 70.2 Å². The molecule has 2 aromatic carbocycles. The minimum atomic E-state index is -0.183. The van der Waals surface area contributed by atoms with E-state index in [9.17, 15) is 4.79 Å². The van der Waals surface area contributed by atoms with Gasteiger partial charge in [-0.1, -0.05) is 99.3 Å². The highest BCUT2D eigenvalue weighted by molar-refractivity contribution is 9.10. The lowest BCUT2D eigenvalue weighted by atomic mass is 10.2. The van der Waals surface area contributed by atoms with Crippen molar-refractivity contribution >= 4 is 62.9 Å². The van der Waals surface area contributed by atoms with Crippen LogP contribution in [0.4, 0.5) is 0 Å². The average molecular weight is 479 g/mol. The van der Waals surface area contributed by atoms with Gasteiger partial charge in [0.25, 0.3) is 5.91 Å². The first-order valence-corrected chi connectivity index (χ1v) is 11.5. The molecule has 0 unspecified atom stereocenters. The summed E-state index contributed by atoms with van der Waals surface area (Å²) in [7, 11) is 0. The zero-order valence-corrected chi connectivity index (χ0v) is 18.1. The molecule has 5 nitrogen and oxygen atoms in total. The minimum Gasteiger partial charge on any atom is -0.272 e. The number of hydrogen-bond donors (Lipinski definition) is 1. The molecule has 3 rings (SSSR count). The first-order valence-electron chi connectivity index (χ1n) is 7.90. The van der Waals surface area contributed by atoms with Crippen LogP contribution in [0.15, 0.2) is 72.9 Å². The van der Waals surface area contributed by atoms with Crippen molar-refractivity contribution in [2.24, 2.45) is 5.10 Å². The molecule has 138 valence electrons. The third-order valence-electron chi connectivity index (χ3n) is 3.22. The highest BCUT2D eigenvalue weighted by atomic mass is 79.9. The molecule has 0 aliphatic rings. The van der Waals surface area contributed by atoms with Crippen molar-refractivity contribution in [2.75, 3.05) is 5.75 Å². The molecule has 1 N–H and O–H groups in total. The predicted octanol–water partition coefficient (Wildman–Crippen LogP) is 4.84. The number of nitrogens with one attached hydrogen (secondary N) is 1. The van der Waals surface area contributed by atoms with Crippen LogP contribution in [-0.2, 0) is 10.5 Å². The van der Waals surface area contributed by atoms with Crippen LogP contribution in [0, 0.1) is 0 Å². The van der Waals surface area contributed by atoms with Gasteiger partial charge in [-0.25, -0.2) is 5.43 Å². The van der Waals surface area contributed by atoms with Gasteiger partial charge in [-0.05, 0) is 11.6 Å². The number of nitrogens with zero attached hydrogens (tertiary/aromatic N) is 3. The number of carbonyl (C=O) groups excluding carboxylic acids is 1. The first kappa shape index (κ1) is 20.1. The van der Waals surface area contributed by atoms with Gasteiger partial charge >= 0.3 is 0 Å². The number of amides is 1. The summed E-state index contributed by atoms with van der Waals surface area (Å²) in [5.41, 5.74) is 4.66. The summed E-state index contributed by atoms with van der Waals surface area (Å²) in [6.45, 7) is 0. The highest BCUT2D eigenvalue weighted by Gasteiger charge is 2.08. The SMILES string of the molecule is O=C(CSc1nnc(SCc2ccccc2)s1)N/N=C\c1ccccc1Br. The smallest absolute Gasteiger partial charge is 0.250 e. The Hall–Kier alpha value is -1.68. The molecular weight excluding hydrogens is 464 g/mol. The van der Waals surface area contributed by atoms with E-state index in [1.165, 1.54) is 28.7 Å². The largest absolute Gasteiger partial charge is 0.272 e. The van der Waals surface area contributed by atoms with Crippen LogP contribution in [0.25, 0.3) is 0 Å². The summed E-state index contributed by atoms with van der Waals surface area (Å²) in [6, 6.07) is 17.9. The van der Waals surface area contributed by atoms with Crippen LogP contribution >= 0.6 is 50.8 Å². The number of hydrazone groups is 1. The van der Waals surface area contributed by atoms with Crippen LogP contribution in [0.5, 0.6) is 0 Å². The van der Waals surface area contributed by atoms with Gasteiger partial charge in [0.2, 0.25) is 0 Å². The maximum absolute atomic E-state index is 11.9. The van der Waals surface area contributed by atoms with E-state index in [1.807, 2.05) is 42.5 Å². The minimum absolute atomic E-state index is 0.183. The summed E-state index contributed by atoms with van der Waals surface area (Å²) in [5.74, 6) is 0.910. The Morgan fingerprint density at radius 3 is 2.56 bits per heavy atom. The normalized spacial score (nSPS) is 11.0. The predicted molar refractivity (Wildman–Crippen MR) is 117 cm³/mol. The molecule has 27 heavy (non-hydrogen) atoms. The van der Waals surface area contributed by atoms with Crippen LogP contribution in [-0.4, -0.2) is 28.1 Å². The number of rotatable bonds is 8. The van der Waals surface area contributed by atoms with E-state index in [-0.39, 0.29) is 11.7 Å². The lowest BCUT2D eigenvalue weighted by Gasteiger charge is -1.99. The van der Waals surface area contributed by atoms with Crippen molar-refractivity contribution < 1.29 is 4.79 Å². The zero-order chi connectivity index (χ0) is 18.9. The second-order valence-corrected chi connectivity index (χ2v) is 9.49. The van der Waals surface area contributed by atoms with Gasteiger partial charge in [-0.2, -0.15) is 5.10 Å². The molecule has 0 saturated carbocycles. The van der Waals surface area contributed by atoms with E-state index in [0.717, 1.165) is 24.5 Å². The average Bonchev–Trinajstić information content (AvgIpc) is 3.15. The maximum Gasteiger partial charge on any atom is 0.250 e. The van der Waals surface area contributed by atoms with E-state index >= 15 is 0 Å². The molecule has 1 heterocycles. The third-order valence-corrected chi connectivity index (χ3v) is 7.20. The van der Waals surface area contributed by atoms with E-state index in [0.29, 0.717) is 0 Å². The van der Waals surface area contributed by atoms with Crippen molar-refractivity contribution in [1.82, 2.24) is 15.6 Å². The van der Waals surface area contributed by atoms with Crippen LogP contribution < -0.4 is 5.43 Å². The van der Waals surface area contributed by atoms with Crippen molar-refractivity contribution in [1.29, 1.82) is 0 Å². The third kappa shape index (κ3) is 6.76. The topological polar surface area (TPSA) is 67.2 Å². The molecule has 0 radical (unpaired) electrons. The Bertz CT molecular complexity index is 918. The van der Waals surface area contributed by atoms with Crippen molar-refractivity contribution in [3.8, 4) is 0 Å². The molecular formula is C18H15BrN4OS3. The fourth-order valence-electron chi connectivity index (χ4n) is 1.95. The Kier molecular flexibility index (Phi) is 7.88. The number of hydrogen-bond acceptors (Lipinski definition) is 7. The van der Waals surface area contributed by atoms with Gasteiger partial charge in [0.15, 0.2) is 8.68 Å². The van der Waals surface area contributed by atoms with Gasteiger partial charge in [0.1, 0.15) is 0 Å². The maximum atomic E-state index is 11.9. The summed E-state index contributed by atoms with van der Waals surface area (Å²) in [4.78, 5) is 11.9. The number of aromatic nitrogens is 2. The molecule has 0 atom stereocenters. The Morgan fingerprint density at radius 2 is 1.78 bits per heavy atom. The molecule has 1 amide bonds. The second-order valence-electron chi connectivity index (χ2n) is 5.21. The standard InChI is InChI=1S/C18H15BrN4OS3/c19-15-9-5-4-8-14(15)10-20-21-16(24)12-26-18-23-22-17(27-18)25-11-13-6-2-1-3-7-13/h1-10H,11-12H2,(H,21,24)/b20-10-. The number of thioether (sulfide) groups is 2. The van der Waals surface area contributed by atoms with E-state index in [4.69, 9.17) is 0 Å². The van der Waals surface area contributed by atoms with E-state index in [2.05, 4.69) is 48.8 Å². The van der Waals surface area contributed by atoms with Gasteiger partial charge in [-0.3, -0.25) is 4.79 Å².